The molecule has 110 valence electrons. The van der Waals surface area contributed by atoms with Crippen molar-refractivity contribution in [2.45, 2.75) is 38.5 Å². The van der Waals surface area contributed by atoms with Crippen LogP contribution in [0.1, 0.15) is 26.3 Å². The highest BCUT2D eigenvalue weighted by molar-refractivity contribution is 9.10. The maximum atomic E-state index is 14.5. The Hall–Kier alpha value is -1.10. The first-order chi connectivity index (χ1) is 9.17. The number of nitrogens with zero attached hydrogens (tertiary/aromatic N) is 1. The zero-order chi connectivity index (χ0) is 15.0. The minimum absolute atomic E-state index is 0.0952. The number of amides is 1. The maximum Gasteiger partial charge on any atom is 0.410 e. The molecule has 3 nitrogen and oxygen atoms in total. The van der Waals surface area contributed by atoms with Gasteiger partial charge in [0.25, 0.3) is 0 Å². The molecule has 1 fully saturated rings. The van der Waals surface area contributed by atoms with Crippen LogP contribution >= 0.6 is 15.9 Å². The Bertz CT molecular complexity index is 490. The van der Waals surface area contributed by atoms with Crippen molar-refractivity contribution in [3.05, 3.63) is 34.3 Å². The molecule has 1 aliphatic heterocycles. The van der Waals surface area contributed by atoms with Crippen LogP contribution in [0, 0.1) is 0 Å². The van der Waals surface area contributed by atoms with Crippen LogP contribution in [0.25, 0.3) is 0 Å². The van der Waals surface area contributed by atoms with Crippen molar-refractivity contribution < 1.29 is 13.9 Å². The normalized spacial score (nSPS) is 17.6. The molecule has 0 aliphatic carbocycles. The number of hydrogen-bond donors (Lipinski definition) is 0. The van der Waals surface area contributed by atoms with Gasteiger partial charge in [-0.3, -0.25) is 0 Å². The Kier molecular flexibility index (Phi) is 4.09. The summed E-state index contributed by atoms with van der Waals surface area (Å²) in [5, 5.41) is 0. The third-order valence-electron chi connectivity index (χ3n) is 3.03. The fourth-order valence-corrected chi connectivity index (χ4v) is 2.44. The van der Waals surface area contributed by atoms with Gasteiger partial charge in [0.2, 0.25) is 0 Å². The molecule has 0 radical (unpaired) electrons. The van der Waals surface area contributed by atoms with Gasteiger partial charge < -0.3 is 9.64 Å². The van der Waals surface area contributed by atoms with Crippen molar-refractivity contribution in [1.29, 1.82) is 0 Å². The second kappa shape index (κ2) is 5.35. The number of rotatable bonds is 2. The van der Waals surface area contributed by atoms with Crippen LogP contribution in [0.3, 0.4) is 0 Å². The molecule has 0 bridgehead atoms. The van der Waals surface area contributed by atoms with Gasteiger partial charge in [0.05, 0.1) is 13.1 Å². The highest BCUT2D eigenvalue weighted by atomic mass is 79.9. The van der Waals surface area contributed by atoms with Crippen LogP contribution in [0.4, 0.5) is 9.18 Å². The second-order valence-electron chi connectivity index (χ2n) is 6.29. The molecule has 0 unspecified atom stereocenters. The number of benzene rings is 1. The predicted molar refractivity (Wildman–Crippen MR) is 79.5 cm³/mol. The average Bonchev–Trinajstić information content (AvgIpc) is 2.26. The quantitative estimate of drug-likeness (QED) is 0.813. The van der Waals surface area contributed by atoms with Crippen LogP contribution in [-0.4, -0.2) is 35.4 Å². The monoisotopic (exact) mass is 343 g/mol. The van der Waals surface area contributed by atoms with E-state index in [1.54, 1.807) is 20.8 Å². The van der Waals surface area contributed by atoms with Crippen LogP contribution < -0.4 is 0 Å². The van der Waals surface area contributed by atoms with Crippen LogP contribution in [0.15, 0.2) is 28.7 Å². The molecular formula is C15H19BrFNO2. The smallest absolute Gasteiger partial charge is 0.410 e. The Morgan fingerprint density at radius 2 is 1.90 bits per heavy atom. The Morgan fingerprint density at radius 1 is 1.35 bits per heavy atom. The van der Waals surface area contributed by atoms with Crippen molar-refractivity contribution in [2.75, 3.05) is 13.1 Å². The molecule has 0 atom stereocenters. The molecule has 0 saturated carbocycles. The molecular weight excluding hydrogens is 325 g/mol. The van der Waals surface area contributed by atoms with Gasteiger partial charge in [-0.15, -0.1) is 0 Å². The van der Waals surface area contributed by atoms with Gasteiger partial charge in [0.15, 0.2) is 0 Å². The molecule has 1 heterocycles. The molecule has 1 saturated heterocycles. The first-order valence-electron chi connectivity index (χ1n) is 6.58. The SMILES string of the molecule is CC(C)(C)OC(=O)N1CC(F)(Cc2ccc(Br)cc2)C1. The van der Waals surface area contributed by atoms with Crippen LogP contribution in [-0.2, 0) is 11.2 Å². The minimum Gasteiger partial charge on any atom is -0.444 e. The number of carbonyl (C=O) groups excluding carboxylic acids is 1. The molecule has 0 spiro atoms. The average molecular weight is 344 g/mol. The summed E-state index contributed by atoms with van der Waals surface area (Å²) < 4.78 is 20.7. The lowest BCUT2D eigenvalue weighted by Crippen LogP contribution is -2.62. The molecule has 0 N–H and O–H groups in total. The fourth-order valence-electron chi connectivity index (χ4n) is 2.17. The van der Waals surface area contributed by atoms with Gasteiger partial charge in [-0.2, -0.15) is 0 Å². The number of ether oxygens (including phenoxy) is 1. The molecule has 0 aromatic heterocycles. The van der Waals surface area contributed by atoms with Gasteiger partial charge in [0.1, 0.15) is 11.3 Å². The molecule has 5 heteroatoms. The zero-order valence-electron chi connectivity index (χ0n) is 12.0. The summed E-state index contributed by atoms with van der Waals surface area (Å²) in [6.07, 6.45) is -0.124. The van der Waals surface area contributed by atoms with E-state index in [9.17, 15) is 9.18 Å². The Morgan fingerprint density at radius 3 is 2.40 bits per heavy atom. The maximum absolute atomic E-state index is 14.5. The van der Waals surface area contributed by atoms with Gasteiger partial charge in [-0.05, 0) is 38.5 Å². The van der Waals surface area contributed by atoms with E-state index in [1.807, 2.05) is 24.3 Å². The number of carbonyl (C=O) groups is 1. The van der Waals surface area contributed by atoms with Gasteiger partial charge in [-0.1, -0.05) is 28.1 Å². The van der Waals surface area contributed by atoms with E-state index in [2.05, 4.69) is 15.9 Å². The van der Waals surface area contributed by atoms with Gasteiger partial charge in [0, 0.05) is 10.9 Å². The van der Waals surface area contributed by atoms with Crippen LogP contribution in [0.5, 0.6) is 0 Å². The summed E-state index contributed by atoms with van der Waals surface area (Å²) >= 11 is 3.35. The lowest BCUT2D eigenvalue weighted by molar-refractivity contribution is -0.0503. The lowest BCUT2D eigenvalue weighted by atomic mass is 9.89. The van der Waals surface area contributed by atoms with E-state index >= 15 is 0 Å². The number of halogens is 2. The molecule has 1 aromatic carbocycles. The largest absolute Gasteiger partial charge is 0.444 e. The van der Waals surface area contributed by atoms with Crippen molar-refractivity contribution in [3.63, 3.8) is 0 Å². The molecule has 1 aliphatic rings. The van der Waals surface area contributed by atoms with E-state index in [0.717, 1.165) is 10.0 Å². The minimum atomic E-state index is -1.34. The summed E-state index contributed by atoms with van der Waals surface area (Å²) in [4.78, 5) is 13.2. The zero-order valence-corrected chi connectivity index (χ0v) is 13.5. The topological polar surface area (TPSA) is 29.5 Å². The summed E-state index contributed by atoms with van der Waals surface area (Å²) in [5.41, 5.74) is -0.957. The van der Waals surface area contributed by atoms with Crippen molar-refractivity contribution in [2.24, 2.45) is 0 Å². The Balaban J connectivity index is 1.87. The molecule has 1 aromatic rings. The fraction of sp³-hybridized carbons (Fsp3) is 0.533. The summed E-state index contributed by atoms with van der Waals surface area (Å²) in [6, 6.07) is 7.56. The third-order valence-corrected chi connectivity index (χ3v) is 3.56. The van der Waals surface area contributed by atoms with Crippen molar-refractivity contribution in [3.8, 4) is 0 Å². The summed E-state index contributed by atoms with van der Waals surface area (Å²) in [5.74, 6) is 0. The highest BCUT2D eigenvalue weighted by Crippen LogP contribution is 2.31. The lowest BCUT2D eigenvalue weighted by Gasteiger charge is -2.44. The van der Waals surface area contributed by atoms with E-state index in [4.69, 9.17) is 4.74 Å². The first kappa shape index (κ1) is 15.3. The summed E-state index contributed by atoms with van der Waals surface area (Å²) in [6.45, 7) is 5.59. The van der Waals surface area contributed by atoms with Crippen molar-refractivity contribution in [1.82, 2.24) is 4.90 Å². The second-order valence-corrected chi connectivity index (χ2v) is 7.21. The van der Waals surface area contributed by atoms with E-state index in [1.165, 1.54) is 4.90 Å². The molecule has 1 amide bonds. The number of likely N-dealkylation sites (tertiary alicyclic amines) is 1. The number of alkyl halides is 1. The predicted octanol–water partition coefficient (Wildman–Crippen LogP) is 3.95. The first-order valence-corrected chi connectivity index (χ1v) is 7.37. The third kappa shape index (κ3) is 3.95. The van der Waals surface area contributed by atoms with E-state index < -0.39 is 17.4 Å². The van der Waals surface area contributed by atoms with E-state index in [0.29, 0.717) is 6.42 Å². The van der Waals surface area contributed by atoms with Gasteiger partial charge in [-0.25, -0.2) is 9.18 Å². The van der Waals surface area contributed by atoms with Crippen molar-refractivity contribution >= 4 is 22.0 Å². The summed E-state index contributed by atoms with van der Waals surface area (Å²) in [7, 11) is 0. The number of hydrogen-bond acceptors (Lipinski definition) is 2. The highest BCUT2D eigenvalue weighted by Gasteiger charge is 2.47. The standard InChI is InChI=1S/C15H19BrFNO2/c1-14(2,3)20-13(19)18-9-15(17,10-18)8-11-4-6-12(16)7-5-11/h4-7H,8-10H2,1-3H3. The Labute approximate surface area is 127 Å². The van der Waals surface area contributed by atoms with Gasteiger partial charge >= 0.3 is 6.09 Å². The van der Waals surface area contributed by atoms with Crippen LogP contribution in [0.2, 0.25) is 0 Å². The molecule has 20 heavy (non-hydrogen) atoms. The van der Waals surface area contributed by atoms with E-state index in [-0.39, 0.29) is 13.1 Å². The molecule has 2 rings (SSSR count).